The van der Waals surface area contributed by atoms with Crippen LogP contribution < -0.4 is 0 Å². The Bertz CT molecular complexity index is 125. The second-order valence-electron chi connectivity index (χ2n) is 4.08. The normalized spacial score (nSPS) is 24.2. The molecule has 0 heterocycles. The predicted molar refractivity (Wildman–Crippen MR) is 52.3 cm³/mol. The highest BCUT2D eigenvalue weighted by Gasteiger charge is 2.33. The van der Waals surface area contributed by atoms with E-state index in [-0.39, 0.29) is 5.60 Å². The van der Waals surface area contributed by atoms with E-state index >= 15 is 0 Å². The van der Waals surface area contributed by atoms with Crippen molar-refractivity contribution in [3.8, 4) is 0 Å². The van der Waals surface area contributed by atoms with Gasteiger partial charge in [-0.2, -0.15) is 0 Å². The Kier molecular flexibility index (Phi) is 3.57. The maximum atomic E-state index is 6.10. The van der Waals surface area contributed by atoms with Crippen molar-refractivity contribution in [2.45, 2.75) is 71.0 Å². The first-order valence-corrected chi connectivity index (χ1v) is 5.40. The zero-order chi connectivity index (χ0) is 9.03. The zero-order valence-corrected chi connectivity index (χ0v) is 8.73. The maximum absolute atomic E-state index is 6.10. The molecule has 1 rings (SSSR count). The summed E-state index contributed by atoms with van der Waals surface area (Å²) in [4.78, 5) is 0. The van der Waals surface area contributed by atoms with Gasteiger partial charge in [-0.3, -0.25) is 0 Å². The molecule has 0 bridgehead atoms. The first kappa shape index (κ1) is 10.0. The molecule has 1 nitrogen and oxygen atoms in total. The smallest absolute Gasteiger partial charge is 0.0683 e. The van der Waals surface area contributed by atoms with Crippen molar-refractivity contribution in [3.05, 3.63) is 0 Å². The van der Waals surface area contributed by atoms with Crippen LogP contribution >= 0.6 is 0 Å². The van der Waals surface area contributed by atoms with Gasteiger partial charge >= 0.3 is 0 Å². The summed E-state index contributed by atoms with van der Waals surface area (Å²) in [6.07, 6.45) is 8.08. The van der Waals surface area contributed by atoms with Crippen molar-refractivity contribution >= 4 is 0 Å². The van der Waals surface area contributed by atoms with Crippen LogP contribution in [0.1, 0.15) is 59.3 Å². The van der Waals surface area contributed by atoms with Gasteiger partial charge in [0.1, 0.15) is 0 Å². The quantitative estimate of drug-likeness (QED) is 0.627. The van der Waals surface area contributed by atoms with Crippen LogP contribution in [0.3, 0.4) is 0 Å². The molecule has 0 saturated heterocycles. The Morgan fingerprint density at radius 1 is 1.25 bits per heavy atom. The molecule has 0 radical (unpaired) electrons. The molecule has 1 saturated carbocycles. The third kappa shape index (κ3) is 2.22. The Morgan fingerprint density at radius 2 is 1.83 bits per heavy atom. The van der Waals surface area contributed by atoms with Crippen LogP contribution in [0, 0.1) is 0 Å². The van der Waals surface area contributed by atoms with E-state index in [1.165, 1.54) is 32.1 Å². The second-order valence-corrected chi connectivity index (χ2v) is 4.08. The minimum atomic E-state index is 0.259. The van der Waals surface area contributed by atoms with Crippen LogP contribution in [0.15, 0.2) is 0 Å². The molecule has 12 heavy (non-hydrogen) atoms. The van der Waals surface area contributed by atoms with Crippen LogP contribution in [0.25, 0.3) is 0 Å². The molecule has 1 fully saturated rings. The van der Waals surface area contributed by atoms with Gasteiger partial charge in [0.05, 0.1) is 11.7 Å². The molecule has 0 aromatic rings. The molecule has 0 amide bonds. The molecular formula is C11H22O. The lowest BCUT2D eigenvalue weighted by atomic mass is 9.98. The van der Waals surface area contributed by atoms with E-state index in [0.717, 1.165) is 6.42 Å². The van der Waals surface area contributed by atoms with E-state index in [2.05, 4.69) is 20.8 Å². The van der Waals surface area contributed by atoms with E-state index in [9.17, 15) is 0 Å². The highest BCUT2D eigenvalue weighted by Crippen LogP contribution is 2.37. The predicted octanol–water partition coefficient (Wildman–Crippen LogP) is 3.52. The molecule has 1 aliphatic carbocycles. The lowest BCUT2D eigenvalue weighted by Crippen LogP contribution is -2.31. The summed E-state index contributed by atoms with van der Waals surface area (Å²) in [5.74, 6) is 0. The largest absolute Gasteiger partial charge is 0.372 e. The van der Waals surface area contributed by atoms with Crippen molar-refractivity contribution in [1.82, 2.24) is 0 Å². The number of hydrogen-bond acceptors (Lipinski definition) is 1. The lowest BCUT2D eigenvalue weighted by molar-refractivity contribution is -0.0860. The monoisotopic (exact) mass is 170 g/mol. The fraction of sp³-hybridized carbons (Fsp3) is 1.00. The molecule has 0 N–H and O–H groups in total. The van der Waals surface area contributed by atoms with E-state index in [1.807, 2.05) is 0 Å². The van der Waals surface area contributed by atoms with Crippen LogP contribution in [-0.4, -0.2) is 11.7 Å². The molecule has 0 aromatic heterocycles. The summed E-state index contributed by atoms with van der Waals surface area (Å²) in [6, 6.07) is 0. The summed E-state index contributed by atoms with van der Waals surface area (Å²) in [5.41, 5.74) is 0.259. The molecular weight excluding hydrogens is 148 g/mol. The topological polar surface area (TPSA) is 9.23 Å². The Labute approximate surface area is 76.5 Å². The van der Waals surface area contributed by atoms with E-state index in [4.69, 9.17) is 4.74 Å². The Morgan fingerprint density at radius 3 is 2.25 bits per heavy atom. The molecule has 1 unspecified atom stereocenters. The third-order valence-electron chi connectivity index (χ3n) is 3.19. The molecule has 0 aromatic carbocycles. The zero-order valence-electron chi connectivity index (χ0n) is 8.73. The first-order chi connectivity index (χ1) is 5.72. The standard InChI is InChI=1S/C11H22O/c1-4-10(3)12-11(5-2)8-6-7-9-11/h10H,4-9H2,1-3H3. The van der Waals surface area contributed by atoms with E-state index in [0.29, 0.717) is 6.10 Å². The van der Waals surface area contributed by atoms with Gasteiger partial charge in [-0.1, -0.05) is 26.7 Å². The second kappa shape index (κ2) is 4.27. The van der Waals surface area contributed by atoms with E-state index in [1.54, 1.807) is 0 Å². The highest BCUT2D eigenvalue weighted by molar-refractivity contribution is 4.85. The Hall–Kier alpha value is -0.0400. The number of rotatable bonds is 4. The Balaban J connectivity index is 2.43. The van der Waals surface area contributed by atoms with Crippen molar-refractivity contribution in [2.75, 3.05) is 0 Å². The van der Waals surface area contributed by atoms with Crippen LogP contribution in [0.2, 0.25) is 0 Å². The summed E-state index contributed by atoms with van der Waals surface area (Å²) >= 11 is 0. The van der Waals surface area contributed by atoms with Gasteiger partial charge in [0.15, 0.2) is 0 Å². The van der Waals surface area contributed by atoms with Crippen molar-refractivity contribution in [2.24, 2.45) is 0 Å². The van der Waals surface area contributed by atoms with Gasteiger partial charge in [-0.05, 0) is 32.6 Å². The summed E-state index contributed by atoms with van der Waals surface area (Å²) < 4.78 is 6.10. The van der Waals surface area contributed by atoms with Gasteiger partial charge in [0.25, 0.3) is 0 Å². The van der Waals surface area contributed by atoms with Gasteiger partial charge in [-0.15, -0.1) is 0 Å². The van der Waals surface area contributed by atoms with Gasteiger partial charge < -0.3 is 4.74 Å². The summed E-state index contributed by atoms with van der Waals surface area (Å²) in [7, 11) is 0. The summed E-state index contributed by atoms with van der Waals surface area (Å²) in [6.45, 7) is 6.65. The van der Waals surface area contributed by atoms with Gasteiger partial charge in [0, 0.05) is 0 Å². The molecule has 0 spiro atoms. The van der Waals surface area contributed by atoms with Crippen molar-refractivity contribution in [1.29, 1.82) is 0 Å². The maximum Gasteiger partial charge on any atom is 0.0683 e. The minimum absolute atomic E-state index is 0.259. The first-order valence-electron chi connectivity index (χ1n) is 5.40. The molecule has 1 atom stereocenters. The third-order valence-corrected chi connectivity index (χ3v) is 3.19. The lowest BCUT2D eigenvalue weighted by Gasteiger charge is -2.31. The van der Waals surface area contributed by atoms with Crippen LogP contribution in [0.5, 0.6) is 0 Å². The fourth-order valence-corrected chi connectivity index (χ4v) is 2.08. The fourth-order valence-electron chi connectivity index (χ4n) is 2.08. The average Bonchev–Trinajstić information content (AvgIpc) is 2.54. The van der Waals surface area contributed by atoms with Crippen molar-refractivity contribution in [3.63, 3.8) is 0 Å². The van der Waals surface area contributed by atoms with Crippen molar-refractivity contribution < 1.29 is 4.74 Å². The average molecular weight is 170 g/mol. The number of ether oxygens (including phenoxy) is 1. The SMILES string of the molecule is CCC(C)OC1(CC)CCCC1. The molecule has 1 heteroatoms. The summed E-state index contributed by atoms with van der Waals surface area (Å²) in [5, 5.41) is 0. The molecule has 1 aliphatic rings. The minimum Gasteiger partial charge on any atom is -0.372 e. The van der Waals surface area contributed by atoms with Gasteiger partial charge in [-0.25, -0.2) is 0 Å². The van der Waals surface area contributed by atoms with Crippen LogP contribution in [0.4, 0.5) is 0 Å². The van der Waals surface area contributed by atoms with Gasteiger partial charge in [0.2, 0.25) is 0 Å². The molecule has 72 valence electrons. The molecule has 0 aliphatic heterocycles. The van der Waals surface area contributed by atoms with Crippen LogP contribution in [-0.2, 0) is 4.74 Å². The van der Waals surface area contributed by atoms with E-state index < -0.39 is 0 Å². The highest BCUT2D eigenvalue weighted by atomic mass is 16.5. The number of hydrogen-bond donors (Lipinski definition) is 0.